The Kier molecular flexibility index (Phi) is 8.02. The zero-order valence-electron chi connectivity index (χ0n) is 12.5. The van der Waals surface area contributed by atoms with Gasteiger partial charge in [-0.15, -0.1) is 0 Å². The summed E-state index contributed by atoms with van der Waals surface area (Å²) in [6, 6.07) is 0.314. The highest BCUT2D eigenvalue weighted by molar-refractivity contribution is 5.76. The summed E-state index contributed by atoms with van der Waals surface area (Å²) in [5, 5.41) is 3.46. The molecule has 1 fully saturated rings. The van der Waals surface area contributed by atoms with Crippen molar-refractivity contribution < 1.29 is 14.3 Å². The monoisotopic (exact) mass is 272 g/mol. The van der Waals surface area contributed by atoms with Gasteiger partial charge in [0.05, 0.1) is 13.2 Å². The van der Waals surface area contributed by atoms with Gasteiger partial charge in [-0.1, -0.05) is 6.92 Å². The minimum absolute atomic E-state index is 0.195. The molecule has 0 radical (unpaired) electrons. The van der Waals surface area contributed by atoms with E-state index in [1.165, 1.54) is 12.8 Å². The Bertz CT molecular complexity index is 253. The van der Waals surface area contributed by atoms with Crippen LogP contribution in [0.2, 0.25) is 0 Å². The zero-order valence-corrected chi connectivity index (χ0v) is 12.5. The molecule has 2 unspecified atom stereocenters. The summed E-state index contributed by atoms with van der Waals surface area (Å²) in [6.45, 7) is 5.67. The summed E-state index contributed by atoms with van der Waals surface area (Å²) in [7, 11) is 3.31. The fourth-order valence-corrected chi connectivity index (χ4v) is 2.47. The first-order valence-electron chi connectivity index (χ1n) is 7.18. The molecule has 1 rings (SSSR count). The molecule has 1 aliphatic rings. The second kappa shape index (κ2) is 9.28. The number of piperidine rings is 1. The quantitative estimate of drug-likeness (QED) is 0.713. The average molecular weight is 272 g/mol. The molecule has 0 aromatic carbocycles. The molecule has 0 bridgehead atoms. The van der Waals surface area contributed by atoms with Crippen LogP contribution in [-0.4, -0.2) is 63.9 Å². The fourth-order valence-electron chi connectivity index (χ4n) is 2.47. The highest BCUT2D eigenvalue weighted by Crippen LogP contribution is 2.18. The van der Waals surface area contributed by atoms with E-state index in [9.17, 15) is 4.79 Å². The van der Waals surface area contributed by atoms with Crippen molar-refractivity contribution in [3.05, 3.63) is 0 Å². The van der Waals surface area contributed by atoms with Gasteiger partial charge in [0, 0.05) is 39.8 Å². The Morgan fingerprint density at radius 1 is 1.26 bits per heavy atom. The van der Waals surface area contributed by atoms with Crippen LogP contribution in [0.15, 0.2) is 0 Å². The van der Waals surface area contributed by atoms with Crippen LogP contribution in [0.5, 0.6) is 0 Å². The normalized spacial score (nSPS) is 23.3. The molecule has 1 saturated heterocycles. The molecular formula is C14H28N2O3. The van der Waals surface area contributed by atoms with Gasteiger partial charge in [-0.3, -0.25) is 4.79 Å². The molecule has 1 aliphatic heterocycles. The van der Waals surface area contributed by atoms with Gasteiger partial charge in [-0.25, -0.2) is 0 Å². The minimum Gasteiger partial charge on any atom is -0.383 e. The van der Waals surface area contributed by atoms with Gasteiger partial charge in [0.15, 0.2) is 0 Å². The molecule has 1 amide bonds. The molecule has 112 valence electrons. The number of hydrogen-bond acceptors (Lipinski definition) is 4. The zero-order chi connectivity index (χ0) is 14.1. The Morgan fingerprint density at radius 3 is 2.42 bits per heavy atom. The van der Waals surface area contributed by atoms with Gasteiger partial charge >= 0.3 is 0 Å². The third-order valence-corrected chi connectivity index (χ3v) is 3.81. The predicted molar refractivity (Wildman–Crippen MR) is 75.1 cm³/mol. The van der Waals surface area contributed by atoms with Crippen molar-refractivity contribution in [2.24, 2.45) is 5.92 Å². The molecule has 1 N–H and O–H groups in total. The van der Waals surface area contributed by atoms with Crippen LogP contribution in [0.1, 0.15) is 26.2 Å². The Labute approximate surface area is 116 Å². The van der Waals surface area contributed by atoms with Crippen molar-refractivity contribution in [1.82, 2.24) is 10.2 Å². The third kappa shape index (κ3) is 5.89. The maximum Gasteiger partial charge on any atom is 0.224 e. The summed E-state index contributed by atoms with van der Waals surface area (Å²) < 4.78 is 10.1. The van der Waals surface area contributed by atoms with E-state index in [2.05, 4.69) is 12.2 Å². The van der Waals surface area contributed by atoms with Crippen molar-refractivity contribution in [3.8, 4) is 0 Å². The number of methoxy groups -OCH3 is 2. The van der Waals surface area contributed by atoms with Crippen molar-refractivity contribution in [2.75, 3.05) is 47.1 Å². The molecule has 0 spiro atoms. The lowest BCUT2D eigenvalue weighted by molar-refractivity contribution is -0.133. The highest BCUT2D eigenvalue weighted by Gasteiger charge is 2.25. The van der Waals surface area contributed by atoms with Crippen LogP contribution in [0.4, 0.5) is 0 Å². The van der Waals surface area contributed by atoms with Crippen LogP contribution in [0.3, 0.4) is 0 Å². The minimum atomic E-state index is 0.195. The maximum atomic E-state index is 12.3. The van der Waals surface area contributed by atoms with Crippen LogP contribution in [-0.2, 0) is 14.3 Å². The van der Waals surface area contributed by atoms with E-state index in [0.717, 1.165) is 6.54 Å². The first-order chi connectivity index (χ1) is 9.19. The molecule has 19 heavy (non-hydrogen) atoms. The van der Waals surface area contributed by atoms with Gasteiger partial charge in [0.2, 0.25) is 5.91 Å². The Balaban J connectivity index is 2.44. The molecule has 1 heterocycles. The van der Waals surface area contributed by atoms with Crippen molar-refractivity contribution in [3.63, 3.8) is 0 Å². The fraction of sp³-hybridized carbons (Fsp3) is 0.929. The lowest BCUT2D eigenvalue weighted by Crippen LogP contribution is -2.45. The predicted octanol–water partition coefficient (Wildman–Crippen LogP) is 0.886. The second-order valence-electron chi connectivity index (χ2n) is 5.25. The van der Waals surface area contributed by atoms with Crippen molar-refractivity contribution >= 4 is 5.91 Å². The van der Waals surface area contributed by atoms with E-state index < -0.39 is 0 Å². The number of ether oxygens (including phenoxy) is 2. The van der Waals surface area contributed by atoms with Crippen LogP contribution in [0.25, 0.3) is 0 Å². The number of carbonyl (C=O) groups is 1. The lowest BCUT2D eigenvalue weighted by Gasteiger charge is -2.31. The smallest absolute Gasteiger partial charge is 0.224 e. The van der Waals surface area contributed by atoms with Gasteiger partial charge in [0.1, 0.15) is 0 Å². The van der Waals surface area contributed by atoms with E-state index in [-0.39, 0.29) is 5.91 Å². The molecule has 2 atom stereocenters. The van der Waals surface area contributed by atoms with E-state index in [1.54, 1.807) is 14.2 Å². The van der Waals surface area contributed by atoms with E-state index >= 15 is 0 Å². The number of hydrogen-bond donors (Lipinski definition) is 1. The topological polar surface area (TPSA) is 50.8 Å². The van der Waals surface area contributed by atoms with E-state index in [1.807, 2.05) is 4.90 Å². The van der Waals surface area contributed by atoms with Gasteiger partial charge in [-0.05, 0) is 25.3 Å². The van der Waals surface area contributed by atoms with Crippen LogP contribution in [0, 0.1) is 5.92 Å². The average Bonchev–Trinajstić information content (AvgIpc) is 2.41. The first-order valence-corrected chi connectivity index (χ1v) is 7.18. The summed E-state index contributed by atoms with van der Waals surface area (Å²) in [4.78, 5) is 14.2. The summed E-state index contributed by atoms with van der Waals surface area (Å²) in [5.74, 6) is 0.768. The number of carbonyl (C=O) groups excluding carboxylic acids is 1. The summed E-state index contributed by atoms with van der Waals surface area (Å²) in [6.07, 6.45) is 3.00. The maximum absolute atomic E-state index is 12.3. The lowest BCUT2D eigenvalue weighted by atomic mass is 9.90. The van der Waals surface area contributed by atoms with Crippen LogP contribution >= 0.6 is 0 Å². The highest BCUT2D eigenvalue weighted by atomic mass is 16.5. The number of nitrogens with one attached hydrogen (secondary N) is 1. The largest absolute Gasteiger partial charge is 0.383 e. The molecule has 0 aromatic rings. The second-order valence-corrected chi connectivity index (χ2v) is 5.25. The van der Waals surface area contributed by atoms with Gasteiger partial charge in [0.25, 0.3) is 0 Å². The number of nitrogens with zero attached hydrogens (tertiary/aromatic N) is 1. The molecule has 0 saturated carbocycles. The first kappa shape index (κ1) is 16.4. The number of rotatable bonds is 8. The van der Waals surface area contributed by atoms with Crippen LogP contribution < -0.4 is 5.32 Å². The third-order valence-electron chi connectivity index (χ3n) is 3.81. The summed E-state index contributed by atoms with van der Waals surface area (Å²) >= 11 is 0. The van der Waals surface area contributed by atoms with Crippen molar-refractivity contribution in [1.29, 1.82) is 0 Å². The van der Waals surface area contributed by atoms with Gasteiger partial charge in [-0.2, -0.15) is 0 Å². The summed E-state index contributed by atoms with van der Waals surface area (Å²) in [5.41, 5.74) is 0. The Hall–Kier alpha value is -0.650. The number of amides is 1. The van der Waals surface area contributed by atoms with E-state index in [4.69, 9.17) is 9.47 Å². The molecule has 0 aromatic heterocycles. The molecule has 5 nitrogen and oxygen atoms in total. The molecule has 5 heteroatoms. The van der Waals surface area contributed by atoms with Gasteiger partial charge < -0.3 is 19.7 Å². The standard InChI is InChI=1S/C14H28N2O3/c1-12-5-4-6-15-13(12)11-14(17)16(7-9-18-2)8-10-19-3/h12-13,15H,4-11H2,1-3H3. The Morgan fingerprint density at radius 2 is 1.89 bits per heavy atom. The van der Waals surface area contributed by atoms with E-state index in [0.29, 0.717) is 44.7 Å². The molecular weight excluding hydrogens is 244 g/mol. The SMILES string of the molecule is COCCN(CCOC)C(=O)CC1NCCCC1C. The molecule has 0 aliphatic carbocycles. The van der Waals surface area contributed by atoms with Crippen molar-refractivity contribution in [2.45, 2.75) is 32.2 Å².